The van der Waals surface area contributed by atoms with Gasteiger partial charge in [0.2, 0.25) is 15.8 Å². The number of anilines is 2. The first-order valence-electron chi connectivity index (χ1n) is 7.58. The summed E-state index contributed by atoms with van der Waals surface area (Å²) in [5.41, 5.74) is 1.43. The summed E-state index contributed by atoms with van der Waals surface area (Å²) < 4.78 is 22.9. The van der Waals surface area contributed by atoms with Crippen LogP contribution in [0.4, 0.5) is 10.8 Å². The number of nitrogens with two attached hydrogens (primary N) is 1. The number of ketones is 1. The Bertz CT molecular complexity index is 1060. The number of hydrogen-bond donors (Lipinski definition) is 2. The average molecular weight is 389 g/mol. The number of hydrogen-bond acceptors (Lipinski definition) is 8. The molecular formula is C16H15N5O3S2. The van der Waals surface area contributed by atoms with E-state index in [9.17, 15) is 13.2 Å². The number of carbonyl (C=O) groups excluding carboxylic acids is 1. The van der Waals surface area contributed by atoms with Crippen molar-refractivity contribution < 1.29 is 13.2 Å². The molecule has 0 aliphatic carbocycles. The summed E-state index contributed by atoms with van der Waals surface area (Å²) in [6, 6.07) is 6.04. The van der Waals surface area contributed by atoms with Gasteiger partial charge in [-0.25, -0.2) is 23.5 Å². The van der Waals surface area contributed by atoms with Crippen LogP contribution in [0.3, 0.4) is 0 Å². The van der Waals surface area contributed by atoms with E-state index < -0.39 is 10.0 Å². The van der Waals surface area contributed by atoms with Crippen LogP contribution in [-0.4, -0.2) is 29.2 Å². The number of primary sulfonamides is 1. The third-order valence-electron chi connectivity index (χ3n) is 3.47. The Morgan fingerprint density at radius 3 is 2.73 bits per heavy atom. The molecule has 3 aromatic rings. The summed E-state index contributed by atoms with van der Waals surface area (Å²) in [5, 5.41) is 8.55. The van der Waals surface area contributed by atoms with Gasteiger partial charge in [0.1, 0.15) is 5.69 Å². The molecule has 8 nitrogen and oxygen atoms in total. The van der Waals surface area contributed by atoms with E-state index in [0.717, 1.165) is 11.3 Å². The molecule has 0 unspecified atom stereocenters. The fourth-order valence-corrected chi connectivity index (χ4v) is 3.58. The lowest BCUT2D eigenvalue weighted by molar-refractivity contribution is 0.103. The van der Waals surface area contributed by atoms with Gasteiger partial charge in [-0.15, -0.1) is 0 Å². The minimum absolute atomic E-state index is 0.0116. The van der Waals surface area contributed by atoms with Crippen molar-refractivity contribution in [1.82, 2.24) is 15.0 Å². The summed E-state index contributed by atoms with van der Waals surface area (Å²) in [6.07, 6.45) is 5.07. The van der Waals surface area contributed by atoms with Gasteiger partial charge in [0, 0.05) is 18.1 Å². The number of rotatable bonds is 6. The third-order valence-corrected chi connectivity index (χ3v) is 5.29. The second-order valence-electron chi connectivity index (χ2n) is 5.26. The van der Waals surface area contributed by atoms with E-state index in [1.165, 1.54) is 24.5 Å². The van der Waals surface area contributed by atoms with Crippen molar-refractivity contribution in [3.05, 3.63) is 59.1 Å². The second-order valence-corrected chi connectivity index (χ2v) is 7.85. The molecule has 0 aliphatic rings. The minimum Gasteiger partial charge on any atom is -0.331 e. The summed E-state index contributed by atoms with van der Waals surface area (Å²) in [7, 11) is -3.80. The van der Waals surface area contributed by atoms with Gasteiger partial charge in [0.15, 0.2) is 5.13 Å². The molecule has 0 atom stereocenters. The predicted octanol–water partition coefficient (Wildman–Crippen LogP) is 2.12. The van der Waals surface area contributed by atoms with Gasteiger partial charge in [-0.3, -0.25) is 9.78 Å². The van der Waals surface area contributed by atoms with Gasteiger partial charge < -0.3 is 5.32 Å². The molecule has 1 aromatic carbocycles. The first-order chi connectivity index (χ1) is 12.4. The monoisotopic (exact) mass is 389 g/mol. The van der Waals surface area contributed by atoms with Crippen LogP contribution in [0.2, 0.25) is 0 Å². The molecule has 0 saturated carbocycles. The van der Waals surface area contributed by atoms with Crippen LogP contribution in [0, 0.1) is 0 Å². The van der Waals surface area contributed by atoms with E-state index >= 15 is 0 Å². The predicted molar refractivity (Wildman–Crippen MR) is 98.1 cm³/mol. The van der Waals surface area contributed by atoms with E-state index in [-0.39, 0.29) is 10.7 Å². The van der Waals surface area contributed by atoms with Crippen LogP contribution < -0.4 is 10.5 Å². The number of aromatic nitrogens is 3. The van der Waals surface area contributed by atoms with E-state index in [1.54, 1.807) is 18.3 Å². The molecule has 0 aliphatic heterocycles. The lowest BCUT2D eigenvalue weighted by atomic mass is 10.1. The smallest absolute Gasteiger partial charge is 0.238 e. The molecule has 2 aromatic heterocycles. The summed E-state index contributed by atoms with van der Waals surface area (Å²) in [4.78, 5) is 25.5. The van der Waals surface area contributed by atoms with Crippen molar-refractivity contribution >= 4 is 38.0 Å². The van der Waals surface area contributed by atoms with Gasteiger partial charge >= 0.3 is 0 Å². The first kappa shape index (κ1) is 18.1. The zero-order valence-corrected chi connectivity index (χ0v) is 15.3. The first-order valence-corrected chi connectivity index (χ1v) is 9.95. The number of nitrogens with zero attached hydrogens (tertiary/aromatic N) is 3. The average Bonchev–Trinajstić information content (AvgIpc) is 3.09. The quantitative estimate of drug-likeness (QED) is 0.618. The van der Waals surface area contributed by atoms with E-state index in [4.69, 9.17) is 5.14 Å². The lowest BCUT2D eigenvalue weighted by Gasteiger charge is -2.04. The van der Waals surface area contributed by atoms with Crippen molar-refractivity contribution in [2.45, 2.75) is 18.2 Å². The van der Waals surface area contributed by atoms with Gasteiger partial charge in [-0.05, 0) is 24.6 Å². The molecule has 0 amide bonds. The van der Waals surface area contributed by atoms with Crippen LogP contribution >= 0.6 is 11.3 Å². The normalized spacial score (nSPS) is 11.3. The van der Waals surface area contributed by atoms with Crippen LogP contribution in [0.15, 0.2) is 47.8 Å². The Kier molecular flexibility index (Phi) is 5.07. The number of thiazole rings is 1. The molecule has 2 heterocycles. The fourth-order valence-electron chi connectivity index (χ4n) is 2.24. The zero-order valence-electron chi connectivity index (χ0n) is 13.7. The Balaban J connectivity index is 1.84. The number of sulfonamides is 1. The molecule has 0 bridgehead atoms. The highest BCUT2D eigenvalue weighted by atomic mass is 32.2. The molecule has 0 fully saturated rings. The Morgan fingerprint density at radius 1 is 1.23 bits per heavy atom. The molecule has 3 N–H and O–H groups in total. The zero-order chi connectivity index (χ0) is 18.7. The summed E-state index contributed by atoms with van der Waals surface area (Å²) in [6.45, 7) is 1.90. The second kappa shape index (κ2) is 7.28. The van der Waals surface area contributed by atoms with Crippen molar-refractivity contribution in [3.63, 3.8) is 0 Å². The molecular weight excluding hydrogens is 374 g/mol. The van der Waals surface area contributed by atoms with E-state index in [2.05, 4.69) is 20.3 Å². The largest absolute Gasteiger partial charge is 0.331 e. The third kappa shape index (κ3) is 3.93. The number of carbonyl (C=O) groups is 1. The van der Waals surface area contributed by atoms with Gasteiger partial charge in [0.25, 0.3) is 0 Å². The molecule has 0 radical (unpaired) electrons. The number of benzene rings is 1. The maximum Gasteiger partial charge on any atom is 0.238 e. The molecule has 0 saturated heterocycles. The fraction of sp³-hybridized carbons (Fsp3) is 0.125. The Hall–Kier alpha value is -2.69. The standard InChI is InChI=1S/C16H15N5O3S2/c1-2-12-14(19-7-6-18-12)15(22)13-9-20-16(25-13)21-10-4-3-5-11(8-10)26(17,23)24/h3-9H,2H2,1H3,(H,20,21)(H2,17,23,24). The molecule has 134 valence electrons. The van der Waals surface area contributed by atoms with Crippen molar-refractivity contribution in [3.8, 4) is 0 Å². The van der Waals surface area contributed by atoms with Crippen molar-refractivity contribution in [2.75, 3.05) is 5.32 Å². The van der Waals surface area contributed by atoms with Crippen LogP contribution in [0.1, 0.15) is 28.0 Å². The number of nitrogens with one attached hydrogen (secondary N) is 1. The minimum atomic E-state index is -3.80. The Morgan fingerprint density at radius 2 is 2.00 bits per heavy atom. The van der Waals surface area contributed by atoms with E-state index in [1.807, 2.05) is 6.92 Å². The molecule has 26 heavy (non-hydrogen) atoms. The van der Waals surface area contributed by atoms with Crippen molar-refractivity contribution in [1.29, 1.82) is 0 Å². The SMILES string of the molecule is CCc1nccnc1C(=O)c1cnc(Nc2cccc(S(N)(=O)=O)c2)s1. The highest BCUT2D eigenvalue weighted by Crippen LogP contribution is 2.25. The summed E-state index contributed by atoms with van der Waals surface area (Å²) in [5.74, 6) is -0.251. The van der Waals surface area contributed by atoms with Crippen molar-refractivity contribution in [2.24, 2.45) is 5.14 Å². The van der Waals surface area contributed by atoms with Crippen LogP contribution in [0.25, 0.3) is 0 Å². The molecule has 0 spiro atoms. The molecule has 10 heteroatoms. The number of aryl methyl sites for hydroxylation is 1. The van der Waals surface area contributed by atoms with Crippen LogP contribution in [-0.2, 0) is 16.4 Å². The summed E-state index contributed by atoms with van der Waals surface area (Å²) >= 11 is 1.14. The Labute approximate surface area is 154 Å². The van der Waals surface area contributed by atoms with E-state index in [0.29, 0.717) is 33.5 Å². The van der Waals surface area contributed by atoms with Gasteiger partial charge in [-0.1, -0.05) is 24.3 Å². The molecule has 3 rings (SSSR count). The maximum absolute atomic E-state index is 12.6. The van der Waals surface area contributed by atoms with Gasteiger partial charge in [-0.2, -0.15) is 0 Å². The maximum atomic E-state index is 12.6. The topological polar surface area (TPSA) is 128 Å². The van der Waals surface area contributed by atoms with Gasteiger partial charge in [0.05, 0.1) is 21.7 Å². The highest BCUT2D eigenvalue weighted by molar-refractivity contribution is 7.89. The lowest BCUT2D eigenvalue weighted by Crippen LogP contribution is -2.12. The van der Waals surface area contributed by atoms with Crippen LogP contribution in [0.5, 0.6) is 0 Å². The highest BCUT2D eigenvalue weighted by Gasteiger charge is 2.18.